The molecule has 1 atom stereocenters. The van der Waals surface area contributed by atoms with Crippen molar-refractivity contribution < 1.29 is 9.53 Å². The number of carbonyl (C=O) groups is 1. The molecule has 7 heteroatoms. The molecule has 0 saturated carbocycles. The second kappa shape index (κ2) is 7.56. The fourth-order valence-electron chi connectivity index (χ4n) is 2.11. The standard InChI is InChI=1S/C15H13Cl2NO2S2/c1-3-5-20-13-10(16)6-9(7-11(13)17)8-12-14(19)18(4-2)15(21)22-12/h1,6-7,12H,4-5,8H2,2H3/t12-/m0/s1. The average molecular weight is 374 g/mol. The van der Waals surface area contributed by atoms with Crippen LogP contribution in [0.3, 0.4) is 0 Å². The van der Waals surface area contributed by atoms with Crippen LogP contribution in [0.25, 0.3) is 0 Å². The lowest BCUT2D eigenvalue weighted by molar-refractivity contribution is -0.125. The van der Waals surface area contributed by atoms with E-state index in [0.717, 1.165) is 5.56 Å². The molecule has 1 aliphatic rings. The Morgan fingerprint density at radius 2 is 2.09 bits per heavy atom. The van der Waals surface area contributed by atoms with Crippen molar-refractivity contribution in [3.8, 4) is 18.1 Å². The van der Waals surface area contributed by atoms with E-state index in [1.165, 1.54) is 11.8 Å². The first-order valence-electron chi connectivity index (χ1n) is 6.54. The SMILES string of the molecule is C#CCOc1c(Cl)cc(C[C@@H]2SC(=S)N(CC)C2=O)cc1Cl. The number of thioether (sulfide) groups is 1. The Morgan fingerprint density at radius 3 is 2.59 bits per heavy atom. The highest BCUT2D eigenvalue weighted by Crippen LogP contribution is 2.36. The van der Waals surface area contributed by atoms with Crippen LogP contribution in [0.2, 0.25) is 10.0 Å². The average Bonchev–Trinajstić information content (AvgIpc) is 2.72. The van der Waals surface area contributed by atoms with Gasteiger partial charge in [-0.1, -0.05) is 53.1 Å². The van der Waals surface area contributed by atoms with Gasteiger partial charge in [-0.15, -0.1) is 6.42 Å². The number of hydrogen-bond acceptors (Lipinski definition) is 4. The molecule has 3 nitrogen and oxygen atoms in total. The number of halogens is 2. The van der Waals surface area contributed by atoms with Gasteiger partial charge in [0.25, 0.3) is 0 Å². The fraction of sp³-hybridized carbons (Fsp3) is 0.333. The molecule has 0 spiro atoms. The lowest BCUT2D eigenvalue weighted by Gasteiger charge is -2.13. The smallest absolute Gasteiger partial charge is 0.241 e. The molecule has 2 rings (SSSR count). The molecule has 22 heavy (non-hydrogen) atoms. The summed E-state index contributed by atoms with van der Waals surface area (Å²) in [6, 6.07) is 3.48. The summed E-state index contributed by atoms with van der Waals surface area (Å²) >= 11 is 18.9. The summed E-state index contributed by atoms with van der Waals surface area (Å²) in [7, 11) is 0. The van der Waals surface area contributed by atoms with Gasteiger partial charge in [-0.3, -0.25) is 9.69 Å². The Morgan fingerprint density at radius 1 is 1.45 bits per heavy atom. The summed E-state index contributed by atoms with van der Waals surface area (Å²) < 4.78 is 5.93. The lowest BCUT2D eigenvalue weighted by atomic mass is 10.1. The maximum Gasteiger partial charge on any atom is 0.241 e. The van der Waals surface area contributed by atoms with Crippen LogP contribution in [0.15, 0.2) is 12.1 Å². The van der Waals surface area contributed by atoms with E-state index in [4.69, 9.17) is 46.6 Å². The predicted octanol–water partition coefficient (Wildman–Crippen LogP) is 3.80. The summed E-state index contributed by atoms with van der Waals surface area (Å²) in [6.07, 6.45) is 5.66. The molecule has 1 aromatic rings. The summed E-state index contributed by atoms with van der Waals surface area (Å²) in [5.74, 6) is 2.75. The Labute approximate surface area is 149 Å². The molecule has 116 valence electrons. The van der Waals surface area contributed by atoms with E-state index in [1.807, 2.05) is 6.92 Å². The number of carbonyl (C=O) groups excluding carboxylic acids is 1. The largest absolute Gasteiger partial charge is 0.478 e. The van der Waals surface area contributed by atoms with E-state index in [2.05, 4.69) is 5.92 Å². The van der Waals surface area contributed by atoms with Crippen LogP contribution in [0.1, 0.15) is 12.5 Å². The number of benzene rings is 1. The van der Waals surface area contributed by atoms with Crippen LogP contribution < -0.4 is 4.74 Å². The molecule has 0 radical (unpaired) electrons. The van der Waals surface area contributed by atoms with Crippen molar-refractivity contribution in [1.82, 2.24) is 4.90 Å². The Kier molecular flexibility index (Phi) is 5.99. The number of nitrogens with zero attached hydrogens (tertiary/aromatic N) is 1. The van der Waals surface area contributed by atoms with Crippen molar-refractivity contribution in [3.63, 3.8) is 0 Å². The van der Waals surface area contributed by atoms with Gasteiger partial charge in [0.2, 0.25) is 5.91 Å². The molecule has 1 saturated heterocycles. The summed E-state index contributed by atoms with van der Waals surface area (Å²) in [4.78, 5) is 13.8. The van der Waals surface area contributed by atoms with Crippen molar-refractivity contribution in [2.45, 2.75) is 18.6 Å². The normalized spacial score (nSPS) is 17.7. The number of hydrogen-bond donors (Lipinski definition) is 0. The van der Waals surface area contributed by atoms with E-state index in [-0.39, 0.29) is 17.8 Å². The first kappa shape index (κ1) is 17.4. The molecule has 1 amide bonds. The van der Waals surface area contributed by atoms with E-state index >= 15 is 0 Å². The third-order valence-electron chi connectivity index (χ3n) is 3.10. The van der Waals surface area contributed by atoms with Gasteiger partial charge in [0, 0.05) is 6.54 Å². The van der Waals surface area contributed by atoms with Crippen molar-refractivity contribution in [2.75, 3.05) is 13.2 Å². The maximum atomic E-state index is 12.2. The minimum absolute atomic E-state index is 0.0254. The molecule has 0 bridgehead atoms. The molecule has 0 aliphatic carbocycles. The minimum atomic E-state index is -0.239. The number of ether oxygens (including phenoxy) is 1. The maximum absolute atomic E-state index is 12.2. The highest BCUT2D eigenvalue weighted by atomic mass is 35.5. The number of terminal acetylenes is 1. The highest BCUT2D eigenvalue weighted by molar-refractivity contribution is 8.24. The van der Waals surface area contributed by atoms with Crippen LogP contribution in [-0.4, -0.2) is 33.5 Å². The van der Waals surface area contributed by atoms with Crippen molar-refractivity contribution in [3.05, 3.63) is 27.7 Å². The first-order chi connectivity index (χ1) is 10.5. The van der Waals surface area contributed by atoms with Gasteiger partial charge in [-0.05, 0) is 31.0 Å². The quantitative estimate of drug-likeness (QED) is 0.579. The van der Waals surface area contributed by atoms with Gasteiger partial charge < -0.3 is 4.74 Å². The zero-order valence-electron chi connectivity index (χ0n) is 11.8. The molecule has 0 N–H and O–H groups in total. The monoisotopic (exact) mass is 373 g/mol. The third-order valence-corrected chi connectivity index (χ3v) is 5.25. The zero-order chi connectivity index (χ0) is 16.3. The molecule has 0 aromatic heterocycles. The molecular formula is C15H13Cl2NO2S2. The van der Waals surface area contributed by atoms with Gasteiger partial charge in [-0.2, -0.15) is 0 Å². The van der Waals surface area contributed by atoms with Gasteiger partial charge in [0.1, 0.15) is 10.9 Å². The highest BCUT2D eigenvalue weighted by Gasteiger charge is 2.35. The second-order valence-corrected chi connectivity index (χ2v) is 7.19. The summed E-state index contributed by atoms with van der Waals surface area (Å²) in [5.41, 5.74) is 0.856. The van der Waals surface area contributed by atoms with E-state index in [1.54, 1.807) is 17.0 Å². The van der Waals surface area contributed by atoms with Crippen molar-refractivity contribution in [2.24, 2.45) is 0 Å². The van der Waals surface area contributed by atoms with E-state index < -0.39 is 0 Å². The van der Waals surface area contributed by atoms with Crippen molar-refractivity contribution in [1.29, 1.82) is 0 Å². The lowest BCUT2D eigenvalue weighted by Crippen LogP contribution is -2.31. The van der Waals surface area contributed by atoms with Gasteiger partial charge in [-0.25, -0.2) is 0 Å². The predicted molar refractivity (Wildman–Crippen MR) is 95.9 cm³/mol. The van der Waals surface area contributed by atoms with Crippen LogP contribution >= 0.6 is 47.2 Å². The van der Waals surface area contributed by atoms with Crippen LogP contribution in [0, 0.1) is 12.3 Å². The van der Waals surface area contributed by atoms with Gasteiger partial charge in [0.05, 0.1) is 15.3 Å². The van der Waals surface area contributed by atoms with E-state index in [9.17, 15) is 4.79 Å². The Hall–Kier alpha value is -0.930. The number of thiocarbonyl (C=S) groups is 1. The molecule has 1 aliphatic heterocycles. The fourth-order valence-corrected chi connectivity index (χ4v) is 4.41. The molecule has 1 fully saturated rings. The second-order valence-electron chi connectivity index (χ2n) is 4.54. The molecule has 1 aromatic carbocycles. The molecule has 0 unspecified atom stereocenters. The van der Waals surface area contributed by atoms with Crippen molar-refractivity contribution >= 4 is 57.4 Å². The number of amides is 1. The Balaban J connectivity index is 2.16. The topological polar surface area (TPSA) is 29.5 Å². The first-order valence-corrected chi connectivity index (χ1v) is 8.58. The molecular weight excluding hydrogens is 361 g/mol. The van der Waals surface area contributed by atoms with Gasteiger partial charge in [0.15, 0.2) is 5.75 Å². The van der Waals surface area contributed by atoms with Crippen LogP contribution in [0.5, 0.6) is 5.75 Å². The van der Waals surface area contributed by atoms with Gasteiger partial charge >= 0.3 is 0 Å². The summed E-state index contributed by atoms with van der Waals surface area (Å²) in [5, 5.41) is 0.517. The van der Waals surface area contributed by atoms with E-state index in [0.29, 0.717) is 33.1 Å². The molecule has 1 heterocycles. The number of rotatable bonds is 5. The minimum Gasteiger partial charge on any atom is -0.478 e. The Bertz CT molecular complexity index is 634. The van der Waals surface area contributed by atoms with Crippen LogP contribution in [0.4, 0.5) is 0 Å². The van der Waals surface area contributed by atoms with Crippen LogP contribution in [-0.2, 0) is 11.2 Å². The third kappa shape index (κ3) is 3.69. The zero-order valence-corrected chi connectivity index (χ0v) is 14.9. The summed E-state index contributed by atoms with van der Waals surface area (Å²) in [6.45, 7) is 2.58.